The number of phenolic OH excluding ortho intramolecular Hbond substituents is 1. The molecule has 4 nitrogen and oxygen atoms in total. The number of hydrogen-bond donors (Lipinski definition) is 1. The van der Waals surface area contributed by atoms with Gasteiger partial charge in [0.05, 0.1) is 11.6 Å². The number of furan rings is 2. The lowest BCUT2D eigenvalue weighted by Crippen LogP contribution is -2.27. The number of phenols is 1. The molecule has 114 valence electrons. The lowest BCUT2D eigenvalue weighted by atomic mass is 9.96. The van der Waals surface area contributed by atoms with E-state index >= 15 is 0 Å². The minimum Gasteiger partial charge on any atom is -0.504 e. The van der Waals surface area contributed by atoms with E-state index < -0.39 is 0 Å². The van der Waals surface area contributed by atoms with Crippen molar-refractivity contribution in [3.63, 3.8) is 0 Å². The van der Waals surface area contributed by atoms with Crippen LogP contribution in [0.15, 0.2) is 45.4 Å². The Morgan fingerprint density at radius 3 is 2.74 bits per heavy atom. The van der Waals surface area contributed by atoms with Gasteiger partial charge in [-0.15, -0.1) is 0 Å². The van der Waals surface area contributed by atoms with Gasteiger partial charge in [-0.3, -0.25) is 0 Å². The van der Waals surface area contributed by atoms with Gasteiger partial charge in [-0.25, -0.2) is 0 Å². The molecule has 0 amide bonds. The maximum atomic E-state index is 10.1. The van der Waals surface area contributed by atoms with Crippen LogP contribution in [0.25, 0.3) is 39.0 Å². The highest BCUT2D eigenvalue weighted by Crippen LogP contribution is 2.47. The highest BCUT2D eigenvalue weighted by molar-refractivity contribution is 6.20. The van der Waals surface area contributed by atoms with Gasteiger partial charge in [0, 0.05) is 16.3 Å². The Labute approximate surface area is 131 Å². The van der Waals surface area contributed by atoms with Gasteiger partial charge in [-0.1, -0.05) is 18.2 Å². The van der Waals surface area contributed by atoms with Crippen LogP contribution in [0.2, 0.25) is 0 Å². The predicted molar refractivity (Wildman–Crippen MR) is 88.9 cm³/mol. The molecule has 2 aromatic carbocycles. The van der Waals surface area contributed by atoms with Crippen LogP contribution in [0, 0.1) is 0 Å². The Hall–Kier alpha value is -2.88. The molecule has 0 fully saturated rings. The van der Waals surface area contributed by atoms with Gasteiger partial charge in [-0.2, -0.15) is 0 Å². The minimum absolute atomic E-state index is 0.119. The summed E-state index contributed by atoms with van der Waals surface area (Å²) in [6.45, 7) is 4.03. The number of fused-ring (bicyclic) bond motifs is 8. The van der Waals surface area contributed by atoms with E-state index in [2.05, 4.69) is 6.08 Å². The Kier molecular flexibility index (Phi) is 2.14. The Bertz CT molecular complexity index is 1120. The molecule has 1 aliphatic rings. The second-order valence-electron chi connectivity index (χ2n) is 6.41. The zero-order valence-corrected chi connectivity index (χ0v) is 12.7. The van der Waals surface area contributed by atoms with Crippen LogP contribution >= 0.6 is 0 Å². The van der Waals surface area contributed by atoms with Crippen molar-refractivity contribution in [3.05, 3.63) is 42.2 Å². The number of benzene rings is 2. The quantitative estimate of drug-likeness (QED) is 0.484. The fraction of sp³-hybridized carbons (Fsp3) is 0.158. The minimum atomic E-state index is -0.382. The smallest absolute Gasteiger partial charge is 0.180 e. The molecule has 0 unspecified atom stereocenters. The zero-order chi connectivity index (χ0) is 15.8. The molecule has 1 aliphatic heterocycles. The lowest BCUT2D eigenvalue weighted by Gasteiger charge is -2.28. The van der Waals surface area contributed by atoms with Crippen molar-refractivity contribution in [3.8, 4) is 11.5 Å². The van der Waals surface area contributed by atoms with Gasteiger partial charge < -0.3 is 18.7 Å². The molecular weight excluding hydrogens is 292 g/mol. The normalized spacial score (nSPS) is 16.1. The monoisotopic (exact) mass is 306 g/mol. The van der Waals surface area contributed by atoms with Crippen LogP contribution in [-0.4, -0.2) is 10.7 Å². The number of rotatable bonds is 0. The maximum Gasteiger partial charge on any atom is 0.180 e. The van der Waals surface area contributed by atoms with E-state index in [1.165, 1.54) is 0 Å². The fourth-order valence-electron chi connectivity index (χ4n) is 3.30. The van der Waals surface area contributed by atoms with Crippen molar-refractivity contribution >= 4 is 39.0 Å². The van der Waals surface area contributed by atoms with Gasteiger partial charge in [0.25, 0.3) is 0 Å². The van der Waals surface area contributed by atoms with Gasteiger partial charge in [0.2, 0.25) is 0 Å². The van der Waals surface area contributed by atoms with Crippen LogP contribution < -0.4 is 4.74 Å². The average Bonchev–Trinajstić information content (AvgIpc) is 3.11. The van der Waals surface area contributed by atoms with E-state index in [1.807, 2.05) is 38.1 Å². The molecule has 0 spiro atoms. The van der Waals surface area contributed by atoms with Gasteiger partial charge in [0.15, 0.2) is 22.5 Å². The third kappa shape index (κ3) is 1.55. The van der Waals surface area contributed by atoms with Crippen LogP contribution in [0.1, 0.15) is 19.4 Å². The summed E-state index contributed by atoms with van der Waals surface area (Å²) in [5.74, 6) is 0.910. The molecule has 1 N–H and O–H groups in total. The summed E-state index contributed by atoms with van der Waals surface area (Å²) in [5, 5.41) is 12.7. The van der Waals surface area contributed by atoms with Crippen molar-refractivity contribution in [1.82, 2.24) is 0 Å². The van der Waals surface area contributed by atoms with E-state index in [4.69, 9.17) is 13.6 Å². The Morgan fingerprint density at radius 1 is 1.00 bits per heavy atom. The van der Waals surface area contributed by atoms with E-state index in [0.29, 0.717) is 16.7 Å². The molecule has 0 saturated heterocycles. The maximum absolute atomic E-state index is 10.1. The molecule has 0 saturated carbocycles. The zero-order valence-electron chi connectivity index (χ0n) is 12.7. The largest absolute Gasteiger partial charge is 0.504 e. The summed E-state index contributed by atoms with van der Waals surface area (Å²) in [6.07, 6.45) is 5.72. The molecule has 0 bridgehead atoms. The standard InChI is InChI=1S/C19H14O4/c1-19(2)8-6-11-14-10-4-3-5-13(20)16(10)22-18(14)17-12(7-9-21-17)15(11)23-19/h3-9,20H,1-2H3. The second kappa shape index (κ2) is 3.90. The Balaban J connectivity index is 2.07. The summed E-state index contributed by atoms with van der Waals surface area (Å²) in [7, 11) is 0. The summed E-state index contributed by atoms with van der Waals surface area (Å²) in [5.41, 5.74) is 2.31. The van der Waals surface area contributed by atoms with Crippen molar-refractivity contribution in [1.29, 1.82) is 0 Å². The SMILES string of the molecule is CC1(C)C=Cc2c(c3ccoc3c3oc4c(O)cccc4c23)O1. The molecule has 0 atom stereocenters. The first-order valence-corrected chi connectivity index (χ1v) is 7.51. The van der Waals surface area contributed by atoms with Crippen LogP contribution in [0.3, 0.4) is 0 Å². The van der Waals surface area contributed by atoms with E-state index in [0.717, 1.165) is 27.5 Å². The van der Waals surface area contributed by atoms with Gasteiger partial charge in [0.1, 0.15) is 11.4 Å². The number of ether oxygens (including phenoxy) is 1. The average molecular weight is 306 g/mol. The van der Waals surface area contributed by atoms with Crippen molar-refractivity contribution in [2.45, 2.75) is 19.4 Å². The fourth-order valence-corrected chi connectivity index (χ4v) is 3.30. The van der Waals surface area contributed by atoms with E-state index in [9.17, 15) is 5.11 Å². The predicted octanol–water partition coefficient (Wildman–Crippen LogP) is 5.22. The topological polar surface area (TPSA) is 55.7 Å². The number of aromatic hydroxyl groups is 1. The highest BCUT2D eigenvalue weighted by atomic mass is 16.5. The Morgan fingerprint density at radius 2 is 1.87 bits per heavy atom. The first-order chi connectivity index (χ1) is 11.1. The van der Waals surface area contributed by atoms with Gasteiger partial charge >= 0.3 is 0 Å². The first-order valence-electron chi connectivity index (χ1n) is 7.51. The van der Waals surface area contributed by atoms with Crippen LogP contribution in [-0.2, 0) is 0 Å². The second-order valence-corrected chi connectivity index (χ2v) is 6.41. The third-order valence-electron chi connectivity index (χ3n) is 4.34. The number of hydrogen-bond acceptors (Lipinski definition) is 4. The summed E-state index contributed by atoms with van der Waals surface area (Å²) in [4.78, 5) is 0. The highest BCUT2D eigenvalue weighted by Gasteiger charge is 2.29. The molecule has 0 aliphatic carbocycles. The van der Waals surface area contributed by atoms with Crippen LogP contribution in [0.5, 0.6) is 11.5 Å². The van der Waals surface area contributed by atoms with Crippen molar-refractivity contribution in [2.24, 2.45) is 0 Å². The molecule has 4 heteroatoms. The summed E-state index contributed by atoms with van der Waals surface area (Å²) >= 11 is 0. The third-order valence-corrected chi connectivity index (χ3v) is 4.34. The summed E-state index contributed by atoms with van der Waals surface area (Å²) < 4.78 is 17.8. The molecular formula is C19H14O4. The molecule has 23 heavy (non-hydrogen) atoms. The van der Waals surface area contributed by atoms with Crippen LogP contribution in [0.4, 0.5) is 0 Å². The van der Waals surface area contributed by atoms with Gasteiger partial charge in [-0.05, 0) is 32.1 Å². The molecule has 0 radical (unpaired) electrons. The van der Waals surface area contributed by atoms with Crippen molar-refractivity contribution in [2.75, 3.05) is 0 Å². The molecule has 2 aromatic heterocycles. The lowest BCUT2D eigenvalue weighted by molar-refractivity contribution is 0.162. The first kappa shape index (κ1) is 12.6. The van der Waals surface area contributed by atoms with E-state index in [-0.39, 0.29) is 11.4 Å². The number of para-hydroxylation sites is 1. The molecule has 4 aromatic rings. The molecule has 5 rings (SSSR count). The molecule has 3 heterocycles. The van der Waals surface area contributed by atoms with Crippen molar-refractivity contribution < 1.29 is 18.7 Å². The summed E-state index contributed by atoms with van der Waals surface area (Å²) in [6, 6.07) is 7.24. The van der Waals surface area contributed by atoms with E-state index in [1.54, 1.807) is 12.3 Å².